The maximum absolute atomic E-state index is 11.8. The van der Waals surface area contributed by atoms with E-state index in [-0.39, 0.29) is 12.5 Å². The van der Waals surface area contributed by atoms with Gasteiger partial charge in [-0.15, -0.1) is 0 Å². The van der Waals surface area contributed by atoms with E-state index in [0.717, 1.165) is 22.6 Å². The number of carbonyl (C=O) groups excluding carboxylic acids is 1. The second-order valence-electron chi connectivity index (χ2n) is 4.78. The van der Waals surface area contributed by atoms with Crippen LogP contribution in [0.25, 0.3) is 0 Å². The molecule has 0 unspecified atom stereocenters. The van der Waals surface area contributed by atoms with Crippen molar-refractivity contribution in [2.75, 3.05) is 16.8 Å². The molecule has 0 aromatic heterocycles. The largest absolute Gasteiger partial charge is 0.329 e. The molecule has 98 valence electrons. The highest BCUT2D eigenvalue weighted by Crippen LogP contribution is 2.36. The van der Waals surface area contributed by atoms with Crippen LogP contribution < -0.4 is 10.2 Å². The second-order valence-corrected chi connectivity index (χ2v) is 4.78. The molecule has 1 aliphatic rings. The van der Waals surface area contributed by atoms with Gasteiger partial charge in [0.05, 0.1) is 22.6 Å². The summed E-state index contributed by atoms with van der Waals surface area (Å²) in [5.74, 6) is -0.0758. The first kappa shape index (κ1) is 12.2. The van der Waals surface area contributed by atoms with Crippen LogP contribution in [0, 0.1) is 18.3 Å². The monoisotopic (exact) mass is 263 g/mol. The summed E-state index contributed by atoms with van der Waals surface area (Å²) in [6.45, 7) is 2.16. The van der Waals surface area contributed by atoms with E-state index in [2.05, 4.69) is 11.4 Å². The van der Waals surface area contributed by atoms with Gasteiger partial charge in [-0.1, -0.05) is 18.2 Å². The lowest BCUT2D eigenvalue weighted by molar-refractivity contribution is -0.115. The molecule has 0 radical (unpaired) electrons. The molecule has 3 rings (SSSR count). The first-order valence-corrected chi connectivity index (χ1v) is 6.36. The fourth-order valence-corrected chi connectivity index (χ4v) is 2.42. The maximum Gasteiger partial charge on any atom is 0.244 e. The Morgan fingerprint density at radius 3 is 2.80 bits per heavy atom. The summed E-state index contributed by atoms with van der Waals surface area (Å²) in [7, 11) is 0. The molecule has 1 heterocycles. The van der Waals surface area contributed by atoms with Crippen LogP contribution in [-0.4, -0.2) is 12.5 Å². The Morgan fingerprint density at radius 2 is 2.00 bits per heavy atom. The summed E-state index contributed by atoms with van der Waals surface area (Å²) >= 11 is 0. The first-order valence-electron chi connectivity index (χ1n) is 6.36. The molecular formula is C16H13N3O. The van der Waals surface area contributed by atoms with Gasteiger partial charge < -0.3 is 10.2 Å². The molecule has 0 saturated carbocycles. The molecule has 0 aliphatic carbocycles. The fourth-order valence-electron chi connectivity index (χ4n) is 2.42. The standard InChI is InChI=1S/C16H13N3O/c1-11-6-7-14(12(8-11)9-17)19-10-16(20)18-13-4-2-3-5-15(13)19/h2-8H,10H2,1H3,(H,18,20). The molecule has 0 bridgehead atoms. The molecule has 0 saturated heterocycles. The number of nitrogens with one attached hydrogen (secondary N) is 1. The van der Waals surface area contributed by atoms with Gasteiger partial charge in [0, 0.05) is 0 Å². The van der Waals surface area contributed by atoms with E-state index in [0.29, 0.717) is 5.56 Å². The summed E-state index contributed by atoms with van der Waals surface area (Å²) in [5, 5.41) is 12.2. The van der Waals surface area contributed by atoms with Crippen LogP contribution in [0.2, 0.25) is 0 Å². The highest BCUT2D eigenvalue weighted by Gasteiger charge is 2.24. The molecule has 2 aromatic rings. The lowest BCUT2D eigenvalue weighted by Crippen LogP contribution is -2.35. The minimum Gasteiger partial charge on any atom is -0.329 e. The molecule has 4 nitrogen and oxygen atoms in total. The van der Waals surface area contributed by atoms with Gasteiger partial charge in [-0.3, -0.25) is 4.79 Å². The minimum absolute atomic E-state index is 0.0758. The van der Waals surface area contributed by atoms with E-state index < -0.39 is 0 Å². The van der Waals surface area contributed by atoms with Crippen molar-refractivity contribution in [1.29, 1.82) is 5.26 Å². The Labute approximate surface area is 117 Å². The quantitative estimate of drug-likeness (QED) is 0.860. The zero-order chi connectivity index (χ0) is 14.1. The molecule has 1 N–H and O–H groups in total. The van der Waals surface area contributed by atoms with Gasteiger partial charge in [0.1, 0.15) is 12.6 Å². The topological polar surface area (TPSA) is 56.1 Å². The van der Waals surface area contributed by atoms with Crippen LogP contribution in [0.3, 0.4) is 0 Å². The second kappa shape index (κ2) is 4.71. The molecule has 0 atom stereocenters. The van der Waals surface area contributed by atoms with Crippen molar-refractivity contribution < 1.29 is 4.79 Å². The van der Waals surface area contributed by atoms with Crippen molar-refractivity contribution >= 4 is 23.0 Å². The number of hydrogen-bond acceptors (Lipinski definition) is 3. The summed E-state index contributed by atoms with van der Waals surface area (Å²) in [6, 6.07) is 15.5. The number of amides is 1. The molecule has 20 heavy (non-hydrogen) atoms. The average molecular weight is 263 g/mol. The predicted octanol–water partition coefficient (Wildman–Crippen LogP) is 2.96. The van der Waals surface area contributed by atoms with E-state index >= 15 is 0 Å². The van der Waals surface area contributed by atoms with Crippen LogP contribution in [-0.2, 0) is 4.79 Å². The lowest BCUT2D eigenvalue weighted by Gasteiger charge is -2.31. The summed E-state index contributed by atoms with van der Waals surface area (Å²) in [6.07, 6.45) is 0. The van der Waals surface area contributed by atoms with Crippen molar-refractivity contribution in [2.24, 2.45) is 0 Å². The molecule has 0 spiro atoms. The van der Waals surface area contributed by atoms with E-state index in [4.69, 9.17) is 0 Å². The third kappa shape index (κ3) is 1.99. The lowest BCUT2D eigenvalue weighted by atomic mass is 10.1. The Bertz CT molecular complexity index is 731. The number of carbonyl (C=O) groups is 1. The number of anilines is 3. The smallest absolute Gasteiger partial charge is 0.244 e. The van der Waals surface area contributed by atoms with Gasteiger partial charge >= 0.3 is 0 Å². The summed E-state index contributed by atoms with van der Waals surface area (Å²) < 4.78 is 0. The van der Waals surface area contributed by atoms with Gasteiger partial charge in [-0.25, -0.2) is 0 Å². The highest BCUT2D eigenvalue weighted by molar-refractivity contribution is 6.03. The normalized spacial score (nSPS) is 13.4. The van der Waals surface area contributed by atoms with Crippen LogP contribution in [0.15, 0.2) is 42.5 Å². The predicted molar refractivity (Wildman–Crippen MR) is 78.0 cm³/mol. The van der Waals surface area contributed by atoms with Crippen LogP contribution in [0.4, 0.5) is 17.1 Å². The van der Waals surface area contributed by atoms with Crippen LogP contribution >= 0.6 is 0 Å². The molecule has 1 aliphatic heterocycles. The third-order valence-electron chi connectivity index (χ3n) is 3.33. The van der Waals surface area contributed by atoms with Crippen LogP contribution in [0.5, 0.6) is 0 Å². The van der Waals surface area contributed by atoms with Gasteiger partial charge in [0.25, 0.3) is 0 Å². The van der Waals surface area contributed by atoms with Crippen molar-refractivity contribution in [3.8, 4) is 6.07 Å². The van der Waals surface area contributed by atoms with Gasteiger partial charge in [0.15, 0.2) is 0 Å². The molecule has 1 amide bonds. The van der Waals surface area contributed by atoms with Crippen molar-refractivity contribution in [1.82, 2.24) is 0 Å². The number of benzene rings is 2. The van der Waals surface area contributed by atoms with Crippen molar-refractivity contribution in [2.45, 2.75) is 6.92 Å². The number of hydrogen-bond donors (Lipinski definition) is 1. The summed E-state index contributed by atoms with van der Waals surface area (Å²) in [5.41, 5.74) is 4.05. The Kier molecular flexibility index (Phi) is 2.88. The van der Waals surface area contributed by atoms with Gasteiger partial charge in [0.2, 0.25) is 5.91 Å². The van der Waals surface area contributed by atoms with Crippen molar-refractivity contribution in [3.05, 3.63) is 53.6 Å². The fraction of sp³-hybridized carbons (Fsp3) is 0.125. The van der Waals surface area contributed by atoms with E-state index in [1.807, 2.05) is 54.3 Å². The Balaban J connectivity index is 2.16. The number of nitriles is 1. The number of nitrogens with zero attached hydrogens (tertiary/aromatic N) is 2. The summed E-state index contributed by atoms with van der Waals surface area (Å²) in [4.78, 5) is 13.7. The SMILES string of the molecule is Cc1ccc(N2CC(=O)Nc3ccccc32)c(C#N)c1. The van der Waals surface area contributed by atoms with Gasteiger partial charge in [-0.05, 0) is 36.8 Å². The highest BCUT2D eigenvalue weighted by atomic mass is 16.2. The third-order valence-corrected chi connectivity index (χ3v) is 3.33. The number of rotatable bonds is 1. The average Bonchev–Trinajstić information content (AvgIpc) is 2.46. The zero-order valence-corrected chi connectivity index (χ0v) is 11.1. The maximum atomic E-state index is 11.8. The number of aryl methyl sites for hydroxylation is 1. The number of para-hydroxylation sites is 2. The molecular weight excluding hydrogens is 250 g/mol. The number of fused-ring (bicyclic) bond motifs is 1. The van der Waals surface area contributed by atoms with Crippen molar-refractivity contribution in [3.63, 3.8) is 0 Å². The Morgan fingerprint density at radius 1 is 1.20 bits per heavy atom. The Hall–Kier alpha value is -2.80. The van der Waals surface area contributed by atoms with E-state index in [1.165, 1.54) is 0 Å². The molecule has 0 fully saturated rings. The van der Waals surface area contributed by atoms with Crippen LogP contribution in [0.1, 0.15) is 11.1 Å². The van der Waals surface area contributed by atoms with E-state index in [9.17, 15) is 10.1 Å². The van der Waals surface area contributed by atoms with E-state index in [1.54, 1.807) is 0 Å². The first-order chi connectivity index (χ1) is 9.69. The van der Waals surface area contributed by atoms with Gasteiger partial charge in [-0.2, -0.15) is 5.26 Å². The minimum atomic E-state index is -0.0758. The molecule has 4 heteroatoms. The molecule has 2 aromatic carbocycles. The zero-order valence-electron chi connectivity index (χ0n) is 11.1.